The van der Waals surface area contributed by atoms with Crippen molar-refractivity contribution in [3.05, 3.63) is 64.5 Å². The summed E-state index contributed by atoms with van der Waals surface area (Å²) in [4.78, 5) is 8.77. The second-order valence-corrected chi connectivity index (χ2v) is 10.9. The van der Waals surface area contributed by atoms with E-state index in [1.807, 2.05) is 18.2 Å². The molecule has 9 heteroatoms. The second-order valence-electron chi connectivity index (χ2n) is 8.02. The molecule has 1 N–H and O–H groups in total. The summed E-state index contributed by atoms with van der Waals surface area (Å²) in [6.45, 7) is 5.73. The predicted molar refractivity (Wildman–Crippen MR) is 118 cm³/mol. The normalized spacial score (nSPS) is 20.3. The van der Waals surface area contributed by atoms with Crippen LogP contribution in [0.2, 0.25) is 0 Å². The third kappa shape index (κ3) is 4.34. The van der Waals surface area contributed by atoms with E-state index in [0.717, 1.165) is 16.3 Å². The van der Waals surface area contributed by atoms with Crippen LogP contribution in [0.3, 0.4) is 0 Å². The van der Waals surface area contributed by atoms with Crippen molar-refractivity contribution >= 4 is 21.4 Å². The topological polar surface area (TPSA) is 80.1 Å². The van der Waals surface area contributed by atoms with Gasteiger partial charge in [0.2, 0.25) is 0 Å². The molecule has 7 nitrogen and oxygen atoms in total. The first-order valence-electron chi connectivity index (χ1n) is 10.1. The molecule has 1 saturated heterocycles. The summed E-state index contributed by atoms with van der Waals surface area (Å²) >= 11 is 1.65. The lowest BCUT2D eigenvalue weighted by Crippen LogP contribution is -2.36. The van der Waals surface area contributed by atoms with Crippen molar-refractivity contribution in [2.45, 2.75) is 43.3 Å². The molecule has 2 aromatic heterocycles. The Morgan fingerprint density at radius 1 is 1.23 bits per heavy atom. The summed E-state index contributed by atoms with van der Waals surface area (Å²) in [5.41, 5.74) is 2.23. The van der Waals surface area contributed by atoms with E-state index in [1.165, 1.54) is 6.33 Å². The van der Waals surface area contributed by atoms with Gasteiger partial charge in [-0.05, 0) is 11.5 Å². The van der Waals surface area contributed by atoms with Crippen molar-refractivity contribution in [1.82, 2.24) is 24.2 Å². The molecule has 4 rings (SSSR count). The minimum Gasteiger partial charge on any atom is -0.339 e. The monoisotopic (exact) mass is 445 g/mol. The molecule has 0 aliphatic carbocycles. The van der Waals surface area contributed by atoms with E-state index in [2.05, 4.69) is 41.7 Å². The number of nitrogens with one attached hydrogen (secondary N) is 1. The van der Waals surface area contributed by atoms with E-state index in [1.54, 1.807) is 33.5 Å². The largest absolute Gasteiger partial charge is 0.339 e. The molecule has 3 aromatic rings. The molecule has 0 spiro atoms. The maximum Gasteiger partial charge on any atom is 0.262 e. The van der Waals surface area contributed by atoms with Gasteiger partial charge in [-0.3, -0.25) is 0 Å². The van der Waals surface area contributed by atoms with Crippen LogP contribution in [0.15, 0.2) is 53.3 Å². The molecule has 0 bridgehead atoms. The van der Waals surface area contributed by atoms with E-state index in [-0.39, 0.29) is 17.0 Å². The van der Waals surface area contributed by atoms with Gasteiger partial charge in [0, 0.05) is 50.2 Å². The highest BCUT2D eigenvalue weighted by molar-refractivity contribution is 7.89. The van der Waals surface area contributed by atoms with Crippen molar-refractivity contribution in [3.8, 4) is 0 Å². The van der Waals surface area contributed by atoms with E-state index in [4.69, 9.17) is 4.98 Å². The zero-order valence-corrected chi connectivity index (χ0v) is 19.0. The lowest BCUT2D eigenvalue weighted by molar-refractivity contribution is 0.453. The van der Waals surface area contributed by atoms with E-state index in [9.17, 15) is 8.42 Å². The lowest BCUT2D eigenvalue weighted by Gasteiger charge is -2.19. The van der Waals surface area contributed by atoms with Gasteiger partial charge in [0.1, 0.15) is 5.01 Å². The first-order chi connectivity index (χ1) is 14.3. The number of benzene rings is 1. The van der Waals surface area contributed by atoms with Crippen molar-refractivity contribution in [2.24, 2.45) is 7.05 Å². The quantitative estimate of drug-likeness (QED) is 0.605. The van der Waals surface area contributed by atoms with Gasteiger partial charge in [-0.1, -0.05) is 44.2 Å². The molecule has 1 fully saturated rings. The lowest BCUT2D eigenvalue weighted by atomic mass is 9.94. The Morgan fingerprint density at radius 3 is 2.63 bits per heavy atom. The Morgan fingerprint density at radius 2 is 2.00 bits per heavy atom. The number of nitrogens with zero attached hydrogens (tertiary/aromatic N) is 4. The molecule has 0 unspecified atom stereocenters. The Bertz CT molecular complexity index is 1090. The van der Waals surface area contributed by atoms with Crippen LogP contribution in [0.25, 0.3) is 0 Å². The van der Waals surface area contributed by atoms with Crippen molar-refractivity contribution < 1.29 is 8.42 Å². The van der Waals surface area contributed by atoms with E-state index in [0.29, 0.717) is 25.6 Å². The molecular formula is C21H27N5O2S2. The van der Waals surface area contributed by atoms with Crippen LogP contribution in [-0.4, -0.2) is 46.4 Å². The second kappa shape index (κ2) is 8.58. The number of hydrogen-bond acceptors (Lipinski definition) is 6. The minimum absolute atomic E-state index is 0.00251. The highest BCUT2D eigenvalue weighted by atomic mass is 32.2. The first-order valence-corrected chi connectivity index (χ1v) is 12.4. The van der Waals surface area contributed by atoms with Gasteiger partial charge in [0.25, 0.3) is 10.0 Å². The molecule has 0 amide bonds. The van der Waals surface area contributed by atoms with Crippen LogP contribution in [0, 0.1) is 0 Å². The fraction of sp³-hybridized carbons (Fsp3) is 0.429. The van der Waals surface area contributed by atoms with Gasteiger partial charge in [0.15, 0.2) is 5.03 Å². The first kappa shape index (κ1) is 21.2. The summed E-state index contributed by atoms with van der Waals surface area (Å²) in [6, 6.07) is 10.1. The maximum absolute atomic E-state index is 13.1. The highest BCUT2D eigenvalue weighted by Gasteiger charge is 2.40. The average Bonchev–Trinajstić information content (AvgIpc) is 3.46. The highest BCUT2D eigenvalue weighted by Crippen LogP contribution is 2.31. The molecular weight excluding hydrogens is 418 g/mol. The number of aromatic nitrogens is 3. The molecule has 30 heavy (non-hydrogen) atoms. The molecule has 2 atom stereocenters. The molecule has 1 aromatic carbocycles. The SMILES string of the molecule is CC(C)c1csc(CN[C@H]2CN(S(=O)(=O)c3cn(C)cn3)C[C@@H]2c2ccccc2)n1. The summed E-state index contributed by atoms with van der Waals surface area (Å²) in [5.74, 6) is 0.465. The van der Waals surface area contributed by atoms with Crippen LogP contribution in [0.4, 0.5) is 0 Å². The van der Waals surface area contributed by atoms with Gasteiger partial charge in [-0.25, -0.2) is 18.4 Å². The van der Waals surface area contributed by atoms with E-state index < -0.39 is 10.0 Å². The third-order valence-electron chi connectivity index (χ3n) is 5.48. The van der Waals surface area contributed by atoms with Gasteiger partial charge in [0.05, 0.1) is 12.0 Å². The summed E-state index contributed by atoms with van der Waals surface area (Å²) in [6.07, 6.45) is 3.07. The van der Waals surface area contributed by atoms with Crippen LogP contribution >= 0.6 is 11.3 Å². The van der Waals surface area contributed by atoms with E-state index >= 15 is 0 Å². The molecule has 160 valence electrons. The molecule has 0 radical (unpaired) electrons. The Balaban J connectivity index is 1.55. The number of sulfonamides is 1. The molecule has 0 saturated carbocycles. The number of thiazole rings is 1. The van der Waals surface area contributed by atoms with Gasteiger partial charge in [-0.15, -0.1) is 11.3 Å². The smallest absolute Gasteiger partial charge is 0.262 e. The maximum atomic E-state index is 13.1. The zero-order chi connectivity index (χ0) is 21.3. The summed E-state index contributed by atoms with van der Waals surface area (Å²) in [7, 11) is -1.86. The summed E-state index contributed by atoms with van der Waals surface area (Å²) in [5, 5.41) is 6.79. The van der Waals surface area contributed by atoms with Crippen molar-refractivity contribution in [3.63, 3.8) is 0 Å². The zero-order valence-electron chi connectivity index (χ0n) is 17.4. The molecule has 1 aliphatic rings. The van der Waals surface area contributed by atoms with Crippen molar-refractivity contribution in [1.29, 1.82) is 0 Å². The van der Waals surface area contributed by atoms with Gasteiger partial charge < -0.3 is 9.88 Å². The Labute approximate surface area is 181 Å². The Kier molecular flexibility index (Phi) is 6.06. The number of aryl methyl sites for hydroxylation is 1. The van der Waals surface area contributed by atoms with Crippen LogP contribution in [-0.2, 0) is 23.6 Å². The summed E-state index contributed by atoms with van der Waals surface area (Å²) < 4.78 is 29.5. The third-order valence-corrected chi connectivity index (χ3v) is 8.06. The number of rotatable bonds is 7. The van der Waals surface area contributed by atoms with Crippen LogP contribution in [0.5, 0.6) is 0 Å². The van der Waals surface area contributed by atoms with Gasteiger partial charge >= 0.3 is 0 Å². The van der Waals surface area contributed by atoms with Crippen LogP contribution in [0.1, 0.15) is 41.9 Å². The molecule has 1 aliphatic heterocycles. The molecule has 3 heterocycles. The Hall–Kier alpha value is -2.07. The standard InChI is InChI=1S/C21H27N5O2S2/c1-15(2)19-13-29-20(24-19)9-22-18-11-26(10-17(18)16-7-5-4-6-8-16)30(27,28)21-12-25(3)14-23-21/h4-8,12-15,17-18,22H,9-11H2,1-3H3/t17-,18+/m1/s1. The fourth-order valence-corrected chi connectivity index (χ4v) is 6.12. The number of imidazole rings is 1. The van der Waals surface area contributed by atoms with Crippen LogP contribution < -0.4 is 5.32 Å². The average molecular weight is 446 g/mol. The predicted octanol–water partition coefficient (Wildman–Crippen LogP) is 2.95. The van der Waals surface area contributed by atoms with Gasteiger partial charge in [-0.2, -0.15) is 4.31 Å². The fourth-order valence-electron chi connectivity index (χ4n) is 3.75. The number of hydrogen-bond donors (Lipinski definition) is 1. The minimum atomic E-state index is -3.63. The van der Waals surface area contributed by atoms with Crippen molar-refractivity contribution in [2.75, 3.05) is 13.1 Å².